The first-order valence-electron chi connectivity index (χ1n) is 10.4. The summed E-state index contributed by atoms with van der Waals surface area (Å²) in [4.78, 5) is 29.1. The van der Waals surface area contributed by atoms with Gasteiger partial charge in [-0.1, -0.05) is 48.0 Å². The van der Waals surface area contributed by atoms with Gasteiger partial charge >= 0.3 is 6.03 Å². The van der Waals surface area contributed by atoms with Gasteiger partial charge in [0.2, 0.25) is 0 Å². The smallest absolute Gasteiger partial charge is 0.308 e. The van der Waals surface area contributed by atoms with Crippen LogP contribution in [-0.4, -0.2) is 29.1 Å². The number of amides is 3. The summed E-state index contributed by atoms with van der Waals surface area (Å²) in [5.74, 6) is -0.0604. The lowest BCUT2D eigenvalue weighted by atomic mass is 10.1. The van der Waals surface area contributed by atoms with E-state index in [9.17, 15) is 14.0 Å². The number of aryl methyl sites for hydroxylation is 1. The molecule has 32 heavy (non-hydrogen) atoms. The molecular weight excluding hydrogens is 425 g/mol. The van der Waals surface area contributed by atoms with Crippen molar-refractivity contribution >= 4 is 35.1 Å². The van der Waals surface area contributed by atoms with Gasteiger partial charge in [0.1, 0.15) is 5.82 Å². The highest BCUT2D eigenvalue weighted by molar-refractivity contribution is 8.01. The Bertz CT molecular complexity index is 1190. The Kier molecular flexibility index (Phi) is 5.13. The van der Waals surface area contributed by atoms with Crippen molar-refractivity contribution in [3.8, 4) is 0 Å². The monoisotopic (exact) mass is 447 g/mol. The summed E-state index contributed by atoms with van der Waals surface area (Å²) in [6.45, 7) is 2.72. The highest BCUT2D eigenvalue weighted by Gasteiger charge is 2.59. The maximum Gasteiger partial charge on any atom is 0.323 e. The Morgan fingerprint density at radius 1 is 1.09 bits per heavy atom. The minimum atomic E-state index is -1.28. The van der Waals surface area contributed by atoms with Gasteiger partial charge in [0.25, 0.3) is 5.91 Å². The van der Waals surface area contributed by atoms with Gasteiger partial charge in [-0.05, 0) is 42.8 Å². The molecule has 0 radical (unpaired) electrons. The molecule has 7 heteroatoms. The Hall–Kier alpha value is -3.32. The maximum absolute atomic E-state index is 14.3. The number of fused-ring (bicyclic) bond motifs is 2. The third-order valence-corrected chi connectivity index (χ3v) is 7.31. The molecule has 0 unspecified atom stereocenters. The fourth-order valence-corrected chi connectivity index (χ4v) is 5.79. The van der Waals surface area contributed by atoms with Gasteiger partial charge in [0, 0.05) is 23.5 Å². The second-order valence-corrected chi connectivity index (χ2v) is 9.27. The van der Waals surface area contributed by atoms with Gasteiger partial charge in [0.15, 0.2) is 4.87 Å². The predicted molar refractivity (Wildman–Crippen MR) is 125 cm³/mol. The number of carbonyl (C=O) groups is 2. The third-order valence-electron chi connectivity index (χ3n) is 5.89. The molecule has 3 aromatic carbocycles. The minimum absolute atomic E-state index is 0.219. The van der Waals surface area contributed by atoms with E-state index in [1.54, 1.807) is 15.9 Å². The molecule has 0 saturated carbocycles. The number of hydrogen-bond acceptors (Lipinski definition) is 3. The minimum Gasteiger partial charge on any atom is -0.308 e. The maximum atomic E-state index is 14.3. The van der Waals surface area contributed by atoms with Gasteiger partial charge in [-0.3, -0.25) is 9.69 Å². The zero-order valence-electron chi connectivity index (χ0n) is 17.5. The molecule has 3 aromatic rings. The largest absolute Gasteiger partial charge is 0.323 e. The quantitative estimate of drug-likeness (QED) is 0.607. The first-order valence-corrected chi connectivity index (χ1v) is 11.4. The van der Waals surface area contributed by atoms with E-state index in [-0.39, 0.29) is 11.9 Å². The average Bonchev–Trinajstić information content (AvgIpc) is 3.33. The molecule has 2 aliphatic rings. The molecule has 1 saturated heterocycles. The van der Waals surface area contributed by atoms with Crippen molar-refractivity contribution in [2.24, 2.45) is 0 Å². The lowest BCUT2D eigenvalue weighted by Crippen LogP contribution is -2.51. The fraction of sp³-hybridized carbons (Fsp3) is 0.200. The summed E-state index contributed by atoms with van der Waals surface area (Å²) in [6, 6.07) is 21.2. The highest BCUT2D eigenvalue weighted by atomic mass is 32.2. The van der Waals surface area contributed by atoms with Gasteiger partial charge in [-0.25, -0.2) is 9.18 Å². The SMILES string of the molecule is Cc1ccc(NC(=O)N2CCS[C@]23C(=O)N(Cc2ccccc2)c2ccc(F)cc23)cc1. The number of halogens is 1. The molecule has 2 heterocycles. The van der Waals surface area contributed by atoms with E-state index in [0.29, 0.717) is 35.8 Å². The topological polar surface area (TPSA) is 52.7 Å². The molecule has 1 spiro atoms. The number of anilines is 2. The molecular formula is C25H22FN3O2S. The molecule has 0 bridgehead atoms. The number of nitrogens with one attached hydrogen (secondary N) is 1. The number of benzene rings is 3. The standard InChI is InChI=1S/C25H22FN3O2S/c1-17-7-10-20(11-8-17)27-24(31)29-13-14-32-25(29)21-15-19(26)9-12-22(21)28(23(25)30)16-18-5-3-2-4-6-18/h2-12,15H,13-14,16H2,1H3,(H,27,31)/t25-/m1/s1. The molecule has 0 aromatic heterocycles. The molecule has 162 valence electrons. The highest BCUT2D eigenvalue weighted by Crippen LogP contribution is 2.54. The lowest BCUT2D eigenvalue weighted by Gasteiger charge is -2.33. The molecule has 2 aliphatic heterocycles. The van der Waals surface area contributed by atoms with E-state index in [2.05, 4.69) is 5.32 Å². The van der Waals surface area contributed by atoms with E-state index < -0.39 is 10.7 Å². The van der Waals surface area contributed by atoms with Crippen molar-refractivity contribution in [2.75, 3.05) is 22.5 Å². The Labute approximate surface area is 190 Å². The van der Waals surface area contributed by atoms with Gasteiger partial charge in [0.05, 0.1) is 12.2 Å². The van der Waals surface area contributed by atoms with E-state index in [4.69, 9.17) is 0 Å². The van der Waals surface area contributed by atoms with Crippen molar-refractivity contribution in [3.63, 3.8) is 0 Å². The fourth-order valence-electron chi connectivity index (χ4n) is 4.34. The van der Waals surface area contributed by atoms with Crippen molar-refractivity contribution in [1.82, 2.24) is 4.90 Å². The molecule has 1 N–H and O–H groups in total. The van der Waals surface area contributed by atoms with Crippen LogP contribution < -0.4 is 10.2 Å². The molecule has 3 amide bonds. The van der Waals surface area contributed by atoms with E-state index >= 15 is 0 Å². The molecule has 0 aliphatic carbocycles. The zero-order chi connectivity index (χ0) is 22.3. The van der Waals surface area contributed by atoms with Crippen molar-refractivity contribution in [3.05, 3.63) is 95.3 Å². The normalized spacial score (nSPS) is 19.5. The summed E-state index contributed by atoms with van der Waals surface area (Å²) in [7, 11) is 0. The van der Waals surface area contributed by atoms with Crippen molar-refractivity contribution in [1.29, 1.82) is 0 Å². The summed E-state index contributed by atoms with van der Waals surface area (Å²) >= 11 is 1.38. The number of nitrogens with zero attached hydrogens (tertiary/aromatic N) is 2. The van der Waals surface area contributed by atoms with Crippen LogP contribution in [0.15, 0.2) is 72.8 Å². The van der Waals surface area contributed by atoms with E-state index in [1.165, 1.54) is 23.9 Å². The zero-order valence-corrected chi connectivity index (χ0v) is 18.4. The first kappa shape index (κ1) is 20.6. The number of urea groups is 1. The van der Waals surface area contributed by atoms with Crippen LogP contribution in [0.25, 0.3) is 0 Å². The van der Waals surface area contributed by atoms with Gasteiger partial charge in [-0.15, -0.1) is 11.8 Å². The second-order valence-electron chi connectivity index (χ2n) is 7.98. The average molecular weight is 448 g/mol. The van der Waals surface area contributed by atoms with Crippen LogP contribution >= 0.6 is 11.8 Å². The summed E-state index contributed by atoms with van der Waals surface area (Å²) in [6.07, 6.45) is 0. The first-order chi connectivity index (χ1) is 15.5. The number of thioether (sulfide) groups is 1. The van der Waals surface area contributed by atoms with Crippen LogP contribution in [-0.2, 0) is 16.2 Å². The van der Waals surface area contributed by atoms with E-state index in [1.807, 2.05) is 61.5 Å². The van der Waals surface area contributed by atoms with Gasteiger partial charge < -0.3 is 10.2 Å². The molecule has 1 atom stereocenters. The predicted octanol–water partition coefficient (Wildman–Crippen LogP) is 5.11. The van der Waals surface area contributed by atoms with Crippen LogP contribution in [0.4, 0.5) is 20.6 Å². The summed E-state index contributed by atoms with van der Waals surface area (Å²) in [5, 5.41) is 2.90. The molecule has 1 fully saturated rings. The summed E-state index contributed by atoms with van der Waals surface area (Å²) in [5.41, 5.74) is 3.87. The Morgan fingerprint density at radius 3 is 2.59 bits per heavy atom. The summed E-state index contributed by atoms with van der Waals surface area (Å²) < 4.78 is 14.3. The Balaban J connectivity index is 1.53. The third kappa shape index (κ3) is 3.33. The van der Waals surface area contributed by atoms with Crippen LogP contribution in [0.1, 0.15) is 16.7 Å². The van der Waals surface area contributed by atoms with Crippen LogP contribution in [0.5, 0.6) is 0 Å². The van der Waals surface area contributed by atoms with Crippen molar-refractivity contribution in [2.45, 2.75) is 18.3 Å². The Morgan fingerprint density at radius 2 is 1.84 bits per heavy atom. The number of hydrogen-bond donors (Lipinski definition) is 1. The van der Waals surface area contributed by atoms with Crippen LogP contribution in [0.2, 0.25) is 0 Å². The van der Waals surface area contributed by atoms with Crippen LogP contribution in [0.3, 0.4) is 0 Å². The molecule has 5 nitrogen and oxygen atoms in total. The number of rotatable bonds is 3. The molecule has 5 rings (SSSR count). The number of carbonyl (C=O) groups excluding carboxylic acids is 2. The second kappa shape index (κ2) is 7.98. The van der Waals surface area contributed by atoms with Crippen LogP contribution in [0, 0.1) is 12.7 Å². The van der Waals surface area contributed by atoms with Gasteiger partial charge in [-0.2, -0.15) is 0 Å². The lowest BCUT2D eigenvalue weighted by molar-refractivity contribution is -0.123. The van der Waals surface area contributed by atoms with Crippen molar-refractivity contribution < 1.29 is 14.0 Å². The van der Waals surface area contributed by atoms with E-state index in [0.717, 1.165) is 11.1 Å².